The minimum atomic E-state index is -0.840. The molecule has 1 fully saturated rings. The third kappa shape index (κ3) is 3.10. The summed E-state index contributed by atoms with van der Waals surface area (Å²) in [5, 5.41) is 24.2. The minimum Gasteiger partial charge on any atom is -0.480 e. The number of aliphatic carboxylic acids is 1. The van der Waals surface area contributed by atoms with Crippen molar-refractivity contribution in [2.45, 2.75) is 37.8 Å². The van der Waals surface area contributed by atoms with Crippen molar-refractivity contribution >= 4 is 18.4 Å². The number of carboxylic acid groups (broad SMARTS) is 1. The van der Waals surface area contributed by atoms with Gasteiger partial charge in [-0.15, -0.1) is 17.5 Å². The molecule has 0 atom stereocenters. The number of tetrazole rings is 1. The van der Waals surface area contributed by atoms with Gasteiger partial charge in [0.1, 0.15) is 5.54 Å². The molecular weight excluding hydrogens is 306 g/mol. The second kappa shape index (κ2) is 6.85. The highest BCUT2D eigenvalue weighted by Crippen LogP contribution is 2.30. The van der Waals surface area contributed by atoms with E-state index < -0.39 is 11.5 Å². The first-order valence-electron chi connectivity index (χ1n) is 7.02. The molecule has 118 valence electrons. The predicted octanol–water partition coefficient (Wildman–Crippen LogP) is 1.57. The molecule has 1 aliphatic rings. The number of halogens is 1. The van der Waals surface area contributed by atoms with Crippen LogP contribution >= 0.6 is 12.4 Å². The molecule has 0 aliphatic heterocycles. The summed E-state index contributed by atoms with van der Waals surface area (Å²) in [6, 6.07) is 9.54. The van der Waals surface area contributed by atoms with Gasteiger partial charge in [-0.2, -0.15) is 4.68 Å². The lowest BCUT2D eigenvalue weighted by Gasteiger charge is -2.25. The van der Waals surface area contributed by atoms with Gasteiger partial charge in [-0.3, -0.25) is 10.1 Å². The van der Waals surface area contributed by atoms with Crippen LogP contribution in [0, 0.1) is 0 Å². The van der Waals surface area contributed by atoms with Crippen molar-refractivity contribution < 1.29 is 9.90 Å². The maximum atomic E-state index is 11.5. The maximum Gasteiger partial charge on any atom is 0.323 e. The second-order valence-electron chi connectivity index (χ2n) is 5.29. The maximum absolute atomic E-state index is 11.5. The lowest BCUT2D eigenvalue weighted by molar-refractivity contribution is -0.144. The van der Waals surface area contributed by atoms with Gasteiger partial charge in [0.25, 0.3) is 0 Å². The quantitative estimate of drug-likeness (QED) is 0.867. The molecule has 0 amide bonds. The topological polar surface area (TPSA) is 92.9 Å². The van der Waals surface area contributed by atoms with Crippen LogP contribution < -0.4 is 5.32 Å². The number of nitrogens with one attached hydrogen (secondary N) is 1. The Morgan fingerprint density at radius 2 is 1.95 bits per heavy atom. The molecule has 1 heterocycles. The van der Waals surface area contributed by atoms with Gasteiger partial charge in [0.05, 0.1) is 12.2 Å². The lowest BCUT2D eigenvalue weighted by Crippen LogP contribution is -2.49. The van der Waals surface area contributed by atoms with E-state index in [0.717, 1.165) is 18.5 Å². The Labute approximate surface area is 134 Å². The molecular formula is C14H18ClN5O2. The van der Waals surface area contributed by atoms with Crippen molar-refractivity contribution in [2.75, 3.05) is 0 Å². The number of benzene rings is 1. The van der Waals surface area contributed by atoms with Crippen LogP contribution in [-0.4, -0.2) is 36.8 Å². The predicted molar refractivity (Wildman–Crippen MR) is 82.1 cm³/mol. The first-order valence-corrected chi connectivity index (χ1v) is 7.02. The normalized spacial score (nSPS) is 16.2. The number of para-hydroxylation sites is 1. The van der Waals surface area contributed by atoms with Crippen LogP contribution in [0.25, 0.3) is 5.69 Å². The van der Waals surface area contributed by atoms with E-state index in [2.05, 4.69) is 20.8 Å². The van der Waals surface area contributed by atoms with Crippen molar-refractivity contribution in [3.05, 3.63) is 36.2 Å². The van der Waals surface area contributed by atoms with Crippen molar-refractivity contribution in [1.29, 1.82) is 0 Å². The van der Waals surface area contributed by atoms with Crippen molar-refractivity contribution in [1.82, 2.24) is 25.5 Å². The highest BCUT2D eigenvalue weighted by Gasteiger charge is 2.41. The Morgan fingerprint density at radius 3 is 2.59 bits per heavy atom. The molecule has 0 unspecified atom stereocenters. The molecule has 3 rings (SSSR count). The number of hydrogen-bond donors (Lipinski definition) is 2. The molecule has 2 aromatic rings. The fourth-order valence-corrected chi connectivity index (χ4v) is 2.78. The molecule has 22 heavy (non-hydrogen) atoms. The fourth-order valence-electron chi connectivity index (χ4n) is 2.78. The molecule has 1 aromatic heterocycles. The minimum absolute atomic E-state index is 0. The Balaban J connectivity index is 0.00000176. The van der Waals surface area contributed by atoms with Gasteiger partial charge in [0, 0.05) is 0 Å². The summed E-state index contributed by atoms with van der Waals surface area (Å²) in [5.41, 5.74) is 0.0168. The summed E-state index contributed by atoms with van der Waals surface area (Å²) in [7, 11) is 0. The second-order valence-corrected chi connectivity index (χ2v) is 5.29. The smallest absolute Gasteiger partial charge is 0.323 e. The SMILES string of the molecule is Cl.O=C(O)C1(NCc2nnnn2-c2ccccc2)CCCC1. The van der Waals surface area contributed by atoms with E-state index >= 15 is 0 Å². The number of aromatic nitrogens is 4. The summed E-state index contributed by atoms with van der Waals surface area (Å²) in [6.45, 7) is 0.328. The molecule has 7 nitrogen and oxygen atoms in total. The molecule has 0 spiro atoms. The van der Waals surface area contributed by atoms with Gasteiger partial charge in [-0.25, -0.2) is 0 Å². The monoisotopic (exact) mass is 323 g/mol. The van der Waals surface area contributed by atoms with Gasteiger partial charge < -0.3 is 5.11 Å². The lowest BCUT2D eigenvalue weighted by atomic mass is 9.98. The molecule has 0 radical (unpaired) electrons. The van der Waals surface area contributed by atoms with Crippen LogP contribution in [0.5, 0.6) is 0 Å². The Kier molecular flexibility index (Phi) is 5.10. The van der Waals surface area contributed by atoms with E-state index in [1.165, 1.54) is 0 Å². The van der Waals surface area contributed by atoms with Gasteiger partial charge in [0.2, 0.25) is 0 Å². The Hall–Kier alpha value is -1.99. The summed E-state index contributed by atoms with van der Waals surface area (Å²) < 4.78 is 1.62. The zero-order valence-corrected chi connectivity index (χ0v) is 12.8. The highest BCUT2D eigenvalue weighted by atomic mass is 35.5. The summed E-state index contributed by atoms with van der Waals surface area (Å²) in [5.74, 6) is -0.188. The number of carboxylic acids is 1. The van der Waals surface area contributed by atoms with Crippen LogP contribution in [0.2, 0.25) is 0 Å². The third-order valence-corrected chi connectivity index (χ3v) is 3.99. The van der Waals surface area contributed by atoms with Crippen LogP contribution in [0.4, 0.5) is 0 Å². The van der Waals surface area contributed by atoms with Crippen LogP contribution in [0.1, 0.15) is 31.5 Å². The summed E-state index contributed by atoms with van der Waals surface area (Å²) in [4.78, 5) is 11.5. The van der Waals surface area contributed by atoms with E-state index in [1.54, 1.807) is 4.68 Å². The third-order valence-electron chi connectivity index (χ3n) is 3.99. The largest absolute Gasteiger partial charge is 0.480 e. The van der Waals surface area contributed by atoms with E-state index in [9.17, 15) is 9.90 Å². The molecule has 8 heteroatoms. The standard InChI is InChI=1S/C14H17N5O2.ClH/c20-13(21)14(8-4-5-9-14)15-10-12-16-17-18-19(12)11-6-2-1-3-7-11;/h1-3,6-7,15H,4-5,8-10H2,(H,20,21);1H. The van der Waals surface area contributed by atoms with Crippen molar-refractivity contribution in [2.24, 2.45) is 0 Å². The van der Waals surface area contributed by atoms with Crippen molar-refractivity contribution in [3.8, 4) is 5.69 Å². The first kappa shape index (κ1) is 16.4. The van der Waals surface area contributed by atoms with E-state index in [0.29, 0.717) is 25.2 Å². The van der Waals surface area contributed by atoms with Crippen LogP contribution in [0.15, 0.2) is 30.3 Å². The first-order chi connectivity index (χ1) is 10.2. The van der Waals surface area contributed by atoms with Gasteiger partial charge in [0.15, 0.2) is 5.82 Å². The zero-order chi connectivity index (χ0) is 14.7. The van der Waals surface area contributed by atoms with E-state index in [1.807, 2.05) is 30.3 Å². The average Bonchev–Trinajstić information content (AvgIpc) is 3.16. The molecule has 0 bridgehead atoms. The Morgan fingerprint density at radius 1 is 1.27 bits per heavy atom. The van der Waals surface area contributed by atoms with E-state index in [4.69, 9.17) is 0 Å². The molecule has 2 N–H and O–H groups in total. The molecule has 1 aromatic carbocycles. The van der Waals surface area contributed by atoms with E-state index in [-0.39, 0.29) is 12.4 Å². The van der Waals surface area contributed by atoms with Gasteiger partial charge in [-0.05, 0) is 35.4 Å². The number of nitrogens with zero attached hydrogens (tertiary/aromatic N) is 4. The zero-order valence-electron chi connectivity index (χ0n) is 12.0. The van der Waals surface area contributed by atoms with Crippen molar-refractivity contribution in [3.63, 3.8) is 0 Å². The number of rotatable bonds is 5. The fraction of sp³-hybridized carbons (Fsp3) is 0.429. The Bertz CT molecular complexity index is 625. The molecule has 1 saturated carbocycles. The van der Waals surface area contributed by atoms with Crippen LogP contribution in [0.3, 0.4) is 0 Å². The number of carbonyl (C=O) groups is 1. The highest BCUT2D eigenvalue weighted by molar-refractivity contribution is 5.85. The van der Waals surface area contributed by atoms with Gasteiger partial charge in [-0.1, -0.05) is 31.0 Å². The summed E-state index contributed by atoms with van der Waals surface area (Å²) >= 11 is 0. The molecule has 0 saturated heterocycles. The van der Waals surface area contributed by atoms with Crippen LogP contribution in [-0.2, 0) is 11.3 Å². The number of hydrogen-bond acceptors (Lipinski definition) is 5. The molecule has 1 aliphatic carbocycles. The summed E-state index contributed by atoms with van der Waals surface area (Å²) in [6.07, 6.45) is 3.16. The average molecular weight is 324 g/mol. The van der Waals surface area contributed by atoms with Gasteiger partial charge >= 0.3 is 5.97 Å².